The topological polar surface area (TPSA) is 86.2 Å². The number of nitrogens with zero attached hydrogens (tertiary/aromatic N) is 1. The predicted molar refractivity (Wildman–Crippen MR) is 111 cm³/mol. The van der Waals surface area contributed by atoms with Crippen molar-refractivity contribution in [3.05, 3.63) is 57.6 Å². The molecule has 1 amide bonds. The number of benzene rings is 2. The summed E-state index contributed by atoms with van der Waals surface area (Å²) in [5.74, 6) is -0.164. The quantitative estimate of drug-likeness (QED) is 0.304. The van der Waals surface area contributed by atoms with E-state index in [-0.39, 0.29) is 16.3 Å². The largest absolute Gasteiger partial charge is 0.493 e. The van der Waals surface area contributed by atoms with Gasteiger partial charge in [0.05, 0.1) is 23.9 Å². The maximum atomic E-state index is 12.4. The van der Waals surface area contributed by atoms with Crippen LogP contribution in [0.1, 0.15) is 36.7 Å². The van der Waals surface area contributed by atoms with E-state index in [4.69, 9.17) is 37.4 Å². The zero-order valence-corrected chi connectivity index (χ0v) is 17.8. The highest BCUT2D eigenvalue weighted by Crippen LogP contribution is 2.29. The molecular weight excluding hydrogens is 419 g/mol. The molecule has 2 aromatic carbocycles. The summed E-state index contributed by atoms with van der Waals surface area (Å²) in [6.45, 7) is 5.25. The van der Waals surface area contributed by atoms with E-state index >= 15 is 0 Å². The number of rotatable bonds is 5. The standard InChI is InChI=1S/C20H20Cl2N2O5/c1-20(2,3)29-19(26)24-23-11-12-5-8-16(17(9-12)27-4)28-18(25)14-7-6-13(21)10-15(14)22/h5-11H,1-4H3,(H,24,26). The van der Waals surface area contributed by atoms with Crippen molar-refractivity contribution in [3.63, 3.8) is 0 Å². The summed E-state index contributed by atoms with van der Waals surface area (Å²) >= 11 is 11.9. The van der Waals surface area contributed by atoms with Crippen LogP contribution >= 0.6 is 23.2 Å². The number of amides is 1. The summed E-state index contributed by atoms with van der Waals surface area (Å²) in [6, 6.07) is 9.23. The third-order valence-electron chi connectivity index (χ3n) is 3.31. The van der Waals surface area contributed by atoms with Gasteiger partial charge in [-0.1, -0.05) is 23.2 Å². The molecule has 0 fully saturated rings. The number of methoxy groups -OCH3 is 1. The molecule has 7 nitrogen and oxygen atoms in total. The SMILES string of the molecule is COc1cc(C=NNC(=O)OC(C)(C)C)ccc1OC(=O)c1ccc(Cl)cc1Cl. The number of hydrogen-bond donors (Lipinski definition) is 1. The van der Waals surface area contributed by atoms with Crippen molar-refractivity contribution < 1.29 is 23.8 Å². The number of esters is 1. The Morgan fingerprint density at radius 3 is 2.41 bits per heavy atom. The van der Waals surface area contributed by atoms with Crippen molar-refractivity contribution in [2.75, 3.05) is 7.11 Å². The maximum absolute atomic E-state index is 12.4. The van der Waals surface area contributed by atoms with Gasteiger partial charge >= 0.3 is 12.1 Å². The molecule has 0 aliphatic heterocycles. The molecule has 9 heteroatoms. The average Bonchev–Trinajstić information content (AvgIpc) is 2.61. The molecule has 0 aliphatic carbocycles. The van der Waals surface area contributed by atoms with Gasteiger partial charge in [0.15, 0.2) is 11.5 Å². The number of carbonyl (C=O) groups is 2. The van der Waals surface area contributed by atoms with Gasteiger partial charge < -0.3 is 14.2 Å². The Bertz CT molecular complexity index is 939. The number of halogens is 2. The van der Waals surface area contributed by atoms with Gasteiger partial charge in [0.25, 0.3) is 0 Å². The highest BCUT2D eigenvalue weighted by Gasteiger charge is 2.17. The molecule has 2 aromatic rings. The first kappa shape index (κ1) is 22.5. The van der Waals surface area contributed by atoms with E-state index in [0.29, 0.717) is 16.3 Å². The van der Waals surface area contributed by atoms with E-state index in [9.17, 15) is 9.59 Å². The van der Waals surface area contributed by atoms with E-state index in [0.717, 1.165) is 0 Å². The number of nitrogens with one attached hydrogen (secondary N) is 1. The molecule has 0 aromatic heterocycles. The first-order chi connectivity index (χ1) is 13.6. The van der Waals surface area contributed by atoms with Crippen molar-refractivity contribution >= 4 is 41.5 Å². The molecule has 0 atom stereocenters. The van der Waals surface area contributed by atoms with Crippen molar-refractivity contribution in [1.82, 2.24) is 5.43 Å². The van der Waals surface area contributed by atoms with E-state index < -0.39 is 17.7 Å². The zero-order valence-electron chi connectivity index (χ0n) is 16.3. The predicted octanol–water partition coefficient (Wildman–Crippen LogP) is 5.08. The zero-order chi connectivity index (χ0) is 21.6. The number of carbonyl (C=O) groups excluding carboxylic acids is 2. The lowest BCUT2D eigenvalue weighted by Crippen LogP contribution is -2.29. The van der Waals surface area contributed by atoms with Gasteiger partial charge in [0, 0.05) is 5.02 Å². The fourth-order valence-corrected chi connectivity index (χ4v) is 2.60. The second-order valence-corrected chi connectivity index (χ2v) is 7.64. The summed E-state index contributed by atoms with van der Waals surface area (Å²) in [7, 11) is 1.43. The van der Waals surface area contributed by atoms with Crippen LogP contribution in [0.4, 0.5) is 4.79 Å². The second kappa shape index (κ2) is 9.62. The van der Waals surface area contributed by atoms with Gasteiger partial charge in [-0.15, -0.1) is 0 Å². The fraction of sp³-hybridized carbons (Fsp3) is 0.250. The minimum Gasteiger partial charge on any atom is -0.493 e. The molecule has 0 saturated heterocycles. The molecule has 0 heterocycles. The molecule has 1 N–H and O–H groups in total. The lowest BCUT2D eigenvalue weighted by Gasteiger charge is -2.18. The van der Waals surface area contributed by atoms with Gasteiger partial charge in [-0.25, -0.2) is 15.0 Å². The minimum absolute atomic E-state index is 0.172. The molecule has 0 saturated carbocycles. The van der Waals surface area contributed by atoms with Crippen LogP contribution in [-0.2, 0) is 4.74 Å². The Labute approximate surface area is 178 Å². The molecule has 0 unspecified atom stereocenters. The van der Waals surface area contributed by atoms with Gasteiger partial charge in [0.1, 0.15) is 5.60 Å². The first-order valence-corrected chi connectivity index (χ1v) is 9.22. The highest BCUT2D eigenvalue weighted by atomic mass is 35.5. The molecule has 0 bridgehead atoms. The molecule has 29 heavy (non-hydrogen) atoms. The van der Waals surface area contributed by atoms with Gasteiger partial charge in [0.2, 0.25) is 0 Å². The smallest absolute Gasteiger partial charge is 0.428 e. The molecule has 2 rings (SSSR count). The average molecular weight is 439 g/mol. The van der Waals surface area contributed by atoms with Gasteiger partial charge in [-0.05, 0) is 62.7 Å². The van der Waals surface area contributed by atoms with Gasteiger partial charge in [-0.3, -0.25) is 0 Å². The normalized spacial score (nSPS) is 11.2. The summed E-state index contributed by atoms with van der Waals surface area (Å²) in [4.78, 5) is 23.9. The van der Waals surface area contributed by atoms with Crippen molar-refractivity contribution in [1.29, 1.82) is 0 Å². The molecule has 154 valence electrons. The van der Waals surface area contributed by atoms with Crippen LogP contribution in [-0.4, -0.2) is 31.0 Å². The lowest BCUT2D eigenvalue weighted by atomic mass is 10.2. The molecule has 0 spiro atoms. The summed E-state index contributed by atoms with van der Waals surface area (Å²) in [6.07, 6.45) is 0.722. The van der Waals surface area contributed by atoms with Crippen molar-refractivity contribution in [2.45, 2.75) is 26.4 Å². The van der Waals surface area contributed by atoms with Crippen LogP contribution < -0.4 is 14.9 Å². The maximum Gasteiger partial charge on any atom is 0.428 e. The Morgan fingerprint density at radius 1 is 1.07 bits per heavy atom. The van der Waals surface area contributed by atoms with Crippen molar-refractivity contribution in [3.8, 4) is 11.5 Å². The van der Waals surface area contributed by atoms with Crippen LogP contribution in [0.5, 0.6) is 11.5 Å². The van der Waals surface area contributed by atoms with Crippen LogP contribution in [0.3, 0.4) is 0 Å². The third-order valence-corrected chi connectivity index (χ3v) is 3.86. The summed E-state index contributed by atoms with van der Waals surface area (Å²) in [5, 5.41) is 4.41. The lowest BCUT2D eigenvalue weighted by molar-refractivity contribution is 0.0529. The molecule has 0 aliphatic rings. The molecule has 0 radical (unpaired) electrons. The Morgan fingerprint density at radius 2 is 1.79 bits per heavy atom. The second-order valence-electron chi connectivity index (χ2n) is 6.80. The molecular formula is C20H20Cl2N2O5. The Balaban J connectivity index is 2.09. The van der Waals surface area contributed by atoms with E-state index in [1.54, 1.807) is 39.0 Å². The number of hydrogen-bond acceptors (Lipinski definition) is 6. The van der Waals surface area contributed by atoms with E-state index in [1.165, 1.54) is 31.5 Å². The monoisotopic (exact) mass is 438 g/mol. The summed E-state index contributed by atoms with van der Waals surface area (Å²) < 4.78 is 15.7. The van der Waals surface area contributed by atoms with E-state index in [2.05, 4.69) is 10.5 Å². The van der Waals surface area contributed by atoms with Gasteiger partial charge in [-0.2, -0.15) is 5.10 Å². The Hall–Kier alpha value is -2.77. The Kier molecular flexibility index (Phi) is 7.47. The highest BCUT2D eigenvalue weighted by molar-refractivity contribution is 6.36. The minimum atomic E-state index is -0.675. The number of ether oxygens (including phenoxy) is 3. The van der Waals surface area contributed by atoms with Crippen LogP contribution in [0.15, 0.2) is 41.5 Å². The fourth-order valence-electron chi connectivity index (χ4n) is 2.12. The third kappa shape index (κ3) is 6.96. The van der Waals surface area contributed by atoms with Crippen molar-refractivity contribution in [2.24, 2.45) is 5.10 Å². The first-order valence-electron chi connectivity index (χ1n) is 8.46. The van der Waals surface area contributed by atoms with E-state index in [1.807, 2.05) is 0 Å². The number of hydrazone groups is 1. The summed E-state index contributed by atoms with van der Waals surface area (Å²) in [5.41, 5.74) is 2.41. The van der Waals surface area contributed by atoms with Crippen LogP contribution in [0.25, 0.3) is 0 Å². The van der Waals surface area contributed by atoms with Crippen LogP contribution in [0.2, 0.25) is 10.0 Å². The van der Waals surface area contributed by atoms with Crippen LogP contribution in [0, 0.1) is 0 Å².